The lowest BCUT2D eigenvalue weighted by molar-refractivity contribution is -0.140. The lowest BCUT2D eigenvalue weighted by atomic mass is 10.1. The summed E-state index contributed by atoms with van der Waals surface area (Å²) in [4.78, 5) is 23.4. The van der Waals surface area contributed by atoms with E-state index in [0.717, 1.165) is 11.3 Å². The van der Waals surface area contributed by atoms with Gasteiger partial charge in [-0.05, 0) is 19.1 Å². The molecule has 5 heteroatoms. The van der Waals surface area contributed by atoms with Crippen LogP contribution in [0.15, 0.2) is 24.3 Å². The van der Waals surface area contributed by atoms with Crippen molar-refractivity contribution in [3.63, 3.8) is 0 Å². The van der Waals surface area contributed by atoms with E-state index in [-0.39, 0.29) is 6.42 Å². The first kappa shape index (κ1) is 15.0. The van der Waals surface area contributed by atoms with E-state index in [4.69, 9.17) is 10.2 Å². The second-order valence-electron chi connectivity index (χ2n) is 4.66. The fourth-order valence-electron chi connectivity index (χ4n) is 1.72. The summed E-state index contributed by atoms with van der Waals surface area (Å²) in [5.41, 5.74) is 1.95. The Hall–Kier alpha value is -2.04. The molecule has 0 saturated carbocycles. The van der Waals surface area contributed by atoms with Gasteiger partial charge in [-0.3, -0.25) is 9.59 Å². The molecular formula is C14H19NO4. The first-order chi connectivity index (χ1) is 8.90. The number of nitrogens with zero attached hydrogens (tertiary/aromatic N) is 1. The van der Waals surface area contributed by atoms with Crippen LogP contribution in [-0.4, -0.2) is 35.2 Å². The van der Waals surface area contributed by atoms with Gasteiger partial charge in [-0.15, -0.1) is 0 Å². The predicted octanol–water partition coefficient (Wildman–Crippen LogP) is 2.00. The summed E-state index contributed by atoms with van der Waals surface area (Å²) in [5, 5.41) is 17.7. The summed E-state index contributed by atoms with van der Waals surface area (Å²) in [6.07, 6.45) is -0.0137. The van der Waals surface area contributed by atoms with Gasteiger partial charge < -0.3 is 15.1 Å². The van der Waals surface area contributed by atoms with Gasteiger partial charge in [-0.1, -0.05) is 24.6 Å². The number of aliphatic carboxylic acids is 2. The Morgan fingerprint density at radius 2 is 1.79 bits per heavy atom. The quantitative estimate of drug-likeness (QED) is 0.788. The highest BCUT2D eigenvalue weighted by Gasteiger charge is 2.17. The van der Waals surface area contributed by atoms with Crippen LogP contribution in [0.3, 0.4) is 0 Å². The normalized spacial score (nSPS) is 11.9. The number of anilines is 1. The summed E-state index contributed by atoms with van der Waals surface area (Å²) in [6, 6.07) is 7.61. The van der Waals surface area contributed by atoms with Gasteiger partial charge in [0.05, 0.1) is 12.3 Å². The van der Waals surface area contributed by atoms with Crippen LogP contribution in [0.5, 0.6) is 0 Å². The molecule has 1 aromatic carbocycles. The molecule has 0 aliphatic rings. The molecular weight excluding hydrogens is 246 g/mol. The monoisotopic (exact) mass is 265 g/mol. The van der Waals surface area contributed by atoms with Crippen LogP contribution in [0.25, 0.3) is 0 Å². The molecule has 1 aromatic rings. The van der Waals surface area contributed by atoms with Crippen molar-refractivity contribution >= 4 is 17.6 Å². The molecule has 0 heterocycles. The summed E-state index contributed by atoms with van der Waals surface area (Å²) in [7, 11) is 0. The number of hydrogen-bond acceptors (Lipinski definition) is 3. The maximum Gasteiger partial charge on any atom is 0.308 e. The maximum atomic E-state index is 10.9. The minimum atomic E-state index is -0.889. The van der Waals surface area contributed by atoms with Crippen molar-refractivity contribution in [1.82, 2.24) is 0 Å². The van der Waals surface area contributed by atoms with E-state index >= 15 is 0 Å². The van der Waals surface area contributed by atoms with Crippen LogP contribution in [0.1, 0.15) is 18.9 Å². The molecule has 0 aliphatic carbocycles. The second kappa shape index (κ2) is 6.78. The lowest BCUT2D eigenvalue weighted by Gasteiger charge is -2.26. The van der Waals surface area contributed by atoms with Gasteiger partial charge in [0.25, 0.3) is 0 Å². The zero-order valence-corrected chi connectivity index (χ0v) is 11.2. The SMILES string of the molecule is Cc1ccc(N(CCC(=O)O)CC(C)C(=O)O)cc1. The molecule has 0 spiro atoms. The number of carboxylic acid groups (broad SMARTS) is 2. The van der Waals surface area contributed by atoms with Gasteiger partial charge in [0.1, 0.15) is 0 Å². The summed E-state index contributed by atoms with van der Waals surface area (Å²) in [6.45, 7) is 4.18. The summed E-state index contributed by atoms with van der Waals surface area (Å²) < 4.78 is 0. The summed E-state index contributed by atoms with van der Waals surface area (Å²) in [5.74, 6) is -2.32. The number of rotatable bonds is 7. The van der Waals surface area contributed by atoms with Gasteiger partial charge >= 0.3 is 11.9 Å². The molecule has 0 bridgehead atoms. The van der Waals surface area contributed by atoms with Crippen LogP contribution in [0.2, 0.25) is 0 Å². The molecule has 104 valence electrons. The van der Waals surface area contributed by atoms with Crippen LogP contribution >= 0.6 is 0 Å². The second-order valence-corrected chi connectivity index (χ2v) is 4.66. The van der Waals surface area contributed by atoms with E-state index in [1.54, 1.807) is 11.8 Å². The molecule has 0 radical (unpaired) electrons. The standard InChI is InChI=1S/C14H19NO4/c1-10-3-5-12(6-4-10)15(8-7-13(16)17)9-11(2)14(18)19/h3-6,11H,7-9H2,1-2H3,(H,16,17)(H,18,19). The van der Waals surface area contributed by atoms with Crippen molar-refractivity contribution in [3.8, 4) is 0 Å². The minimum absolute atomic E-state index is 0.0137. The number of carbonyl (C=O) groups is 2. The number of hydrogen-bond donors (Lipinski definition) is 2. The highest BCUT2D eigenvalue weighted by molar-refractivity contribution is 5.71. The van der Waals surface area contributed by atoms with Crippen LogP contribution < -0.4 is 4.90 Å². The zero-order chi connectivity index (χ0) is 14.4. The van der Waals surface area contributed by atoms with Gasteiger partial charge in [0.2, 0.25) is 0 Å². The maximum absolute atomic E-state index is 10.9. The van der Waals surface area contributed by atoms with Crippen molar-refractivity contribution in [2.24, 2.45) is 5.92 Å². The van der Waals surface area contributed by atoms with Crippen molar-refractivity contribution in [3.05, 3.63) is 29.8 Å². The van der Waals surface area contributed by atoms with E-state index in [2.05, 4.69) is 0 Å². The highest BCUT2D eigenvalue weighted by atomic mass is 16.4. The first-order valence-electron chi connectivity index (χ1n) is 6.16. The van der Waals surface area contributed by atoms with Gasteiger partial charge in [0, 0.05) is 18.8 Å². The largest absolute Gasteiger partial charge is 0.481 e. The Bertz CT molecular complexity index is 441. The fourth-order valence-corrected chi connectivity index (χ4v) is 1.72. The number of carboxylic acids is 2. The third kappa shape index (κ3) is 4.99. The Morgan fingerprint density at radius 1 is 1.21 bits per heavy atom. The van der Waals surface area contributed by atoms with Gasteiger partial charge in [-0.2, -0.15) is 0 Å². The minimum Gasteiger partial charge on any atom is -0.481 e. The van der Waals surface area contributed by atoms with E-state index in [9.17, 15) is 9.59 Å². The van der Waals surface area contributed by atoms with Crippen molar-refractivity contribution in [2.75, 3.05) is 18.0 Å². The molecule has 19 heavy (non-hydrogen) atoms. The van der Waals surface area contributed by atoms with Gasteiger partial charge in [-0.25, -0.2) is 0 Å². The average Bonchev–Trinajstić information content (AvgIpc) is 2.35. The topological polar surface area (TPSA) is 77.8 Å². The molecule has 0 fully saturated rings. The predicted molar refractivity (Wildman–Crippen MR) is 72.4 cm³/mol. The number of benzene rings is 1. The lowest BCUT2D eigenvalue weighted by Crippen LogP contribution is -2.33. The molecule has 1 atom stereocenters. The molecule has 1 unspecified atom stereocenters. The molecule has 0 amide bonds. The summed E-state index contributed by atoms with van der Waals surface area (Å²) >= 11 is 0. The van der Waals surface area contributed by atoms with Crippen molar-refractivity contribution in [1.29, 1.82) is 0 Å². The molecule has 0 saturated heterocycles. The van der Waals surface area contributed by atoms with E-state index < -0.39 is 17.9 Å². The van der Waals surface area contributed by atoms with E-state index in [1.165, 1.54) is 0 Å². The smallest absolute Gasteiger partial charge is 0.308 e. The highest BCUT2D eigenvalue weighted by Crippen LogP contribution is 2.17. The zero-order valence-electron chi connectivity index (χ0n) is 11.2. The Kier molecular flexibility index (Phi) is 5.36. The fraction of sp³-hybridized carbons (Fsp3) is 0.429. The molecule has 0 aliphatic heterocycles. The third-order valence-corrected chi connectivity index (χ3v) is 2.91. The average molecular weight is 265 g/mol. The molecule has 0 aromatic heterocycles. The third-order valence-electron chi connectivity index (χ3n) is 2.91. The molecule has 1 rings (SSSR count). The van der Waals surface area contributed by atoms with E-state index in [1.807, 2.05) is 31.2 Å². The van der Waals surface area contributed by atoms with Crippen LogP contribution in [0, 0.1) is 12.8 Å². The van der Waals surface area contributed by atoms with E-state index in [0.29, 0.717) is 13.1 Å². The molecule has 5 nitrogen and oxygen atoms in total. The van der Waals surface area contributed by atoms with Gasteiger partial charge in [0.15, 0.2) is 0 Å². The number of aryl methyl sites for hydroxylation is 1. The van der Waals surface area contributed by atoms with Crippen molar-refractivity contribution in [2.45, 2.75) is 20.3 Å². The van der Waals surface area contributed by atoms with Crippen LogP contribution in [0.4, 0.5) is 5.69 Å². The molecule has 2 N–H and O–H groups in total. The Morgan fingerprint density at radius 3 is 2.26 bits per heavy atom. The Balaban J connectivity index is 2.81. The Labute approximate surface area is 112 Å². The van der Waals surface area contributed by atoms with Crippen LogP contribution in [-0.2, 0) is 9.59 Å². The van der Waals surface area contributed by atoms with Crippen molar-refractivity contribution < 1.29 is 19.8 Å². The first-order valence-corrected chi connectivity index (χ1v) is 6.16.